The molecule has 4 heteroatoms. The molecule has 0 spiro atoms. The van der Waals surface area contributed by atoms with E-state index in [1.807, 2.05) is 31.3 Å². The number of nitriles is 1. The Labute approximate surface area is 93.5 Å². The van der Waals surface area contributed by atoms with Crippen molar-refractivity contribution < 1.29 is 4.74 Å². The third-order valence-electron chi connectivity index (χ3n) is 2.40. The number of hydrogen-bond donors (Lipinski definition) is 1. The summed E-state index contributed by atoms with van der Waals surface area (Å²) in [6.07, 6.45) is 0. The lowest BCUT2D eigenvalue weighted by Crippen LogP contribution is -1.94. The van der Waals surface area contributed by atoms with Crippen molar-refractivity contribution >= 4 is 16.6 Å². The molecule has 1 heterocycles. The van der Waals surface area contributed by atoms with E-state index in [-0.39, 0.29) is 0 Å². The van der Waals surface area contributed by atoms with Crippen molar-refractivity contribution in [3.8, 4) is 11.8 Å². The summed E-state index contributed by atoms with van der Waals surface area (Å²) in [7, 11) is 3.44. The molecule has 2 rings (SSSR count). The van der Waals surface area contributed by atoms with Crippen molar-refractivity contribution in [3.63, 3.8) is 0 Å². The maximum Gasteiger partial charge on any atom is 0.143 e. The van der Waals surface area contributed by atoms with Crippen LogP contribution in [0.5, 0.6) is 5.75 Å². The van der Waals surface area contributed by atoms with Crippen LogP contribution >= 0.6 is 0 Å². The number of fused-ring (bicyclic) bond motifs is 1. The van der Waals surface area contributed by atoms with Gasteiger partial charge >= 0.3 is 0 Å². The lowest BCUT2D eigenvalue weighted by molar-refractivity contribution is 0.415. The average molecular weight is 213 g/mol. The lowest BCUT2D eigenvalue weighted by Gasteiger charge is -2.07. The molecule has 0 saturated carbocycles. The van der Waals surface area contributed by atoms with Crippen molar-refractivity contribution in [3.05, 3.63) is 30.0 Å². The molecular weight excluding hydrogens is 202 g/mol. The van der Waals surface area contributed by atoms with Gasteiger partial charge in [0.15, 0.2) is 0 Å². The number of pyridine rings is 1. The van der Waals surface area contributed by atoms with Crippen LogP contribution in [-0.4, -0.2) is 19.1 Å². The third kappa shape index (κ3) is 1.63. The minimum Gasteiger partial charge on any atom is -0.497 e. The molecule has 0 unspecified atom stereocenters. The summed E-state index contributed by atoms with van der Waals surface area (Å²) < 4.78 is 5.16. The van der Waals surface area contributed by atoms with Gasteiger partial charge in [-0.2, -0.15) is 5.26 Å². The van der Waals surface area contributed by atoms with Gasteiger partial charge < -0.3 is 10.1 Å². The standard InChI is InChI=1S/C12H11N3O/c1-14-12-5-8(7-13)15-11-4-3-9(16-2)6-10(11)12/h3-6H,1-2H3,(H,14,15). The monoisotopic (exact) mass is 213 g/mol. The molecule has 0 bridgehead atoms. The zero-order chi connectivity index (χ0) is 11.5. The predicted octanol–water partition coefficient (Wildman–Crippen LogP) is 2.16. The molecule has 16 heavy (non-hydrogen) atoms. The highest BCUT2D eigenvalue weighted by Gasteiger charge is 2.05. The quantitative estimate of drug-likeness (QED) is 0.830. The van der Waals surface area contributed by atoms with Crippen molar-refractivity contribution in [1.82, 2.24) is 4.98 Å². The molecule has 0 atom stereocenters. The largest absolute Gasteiger partial charge is 0.497 e. The van der Waals surface area contributed by atoms with Crippen molar-refractivity contribution in [1.29, 1.82) is 5.26 Å². The van der Waals surface area contributed by atoms with Gasteiger partial charge in [-0.05, 0) is 24.3 Å². The second-order valence-corrected chi connectivity index (χ2v) is 3.30. The Kier molecular flexibility index (Phi) is 2.61. The van der Waals surface area contributed by atoms with Gasteiger partial charge in [-0.25, -0.2) is 4.98 Å². The number of nitrogens with zero attached hydrogens (tertiary/aromatic N) is 2. The van der Waals surface area contributed by atoms with Crippen LogP contribution in [0, 0.1) is 11.3 Å². The average Bonchev–Trinajstić information content (AvgIpc) is 2.36. The van der Waals surface area contributed by atoms with Gasteiger partial charge in [-0.1, -0.05) is 0 Å². The van der Waals surface area contributed by atoms with Gasteiger partial charge in [0.05, 0.1) is 12.6 Å². The van der Waals surface area contributed by atoms with Gasteiger partial charge in [0.1, 0.15) is 17.5 Å². The number of anilines is 1. The highest BCUT2D eigenvalue weighted by atomic mass is 16.5. The Bertz CT molecular complexity index is 572. The molecule has 2 aromatic rings. The fourth-order valence-corrected chi connectivity index (χ4v) is 1.60. The zero-order valence-electron chi connectivity index (χ0n) is 9.11. The van der Waals surface area contributed by atoms with E-state index >= 15 is 0 Å². The molecule has 4 nitrogen and oxygen atoms in total. The van der Waals surface area contributed by atoms with Crippen LogP contribution in [0.4, 0.5) is 5.69 Å². The van der Waals surface area contributed by atoms with Gasteiger partial charge in [0.25, 0.3) is 0 Å². The molecule has 1 aromatic carbocycles. The van der Waals surface area contributed by atoms with Gasteiger partial charge in [0.2, 0.25) is 0 Å². The molecule has 1 N–H and O–H groups in total. The van der Waals surface area contributed by atoms with Crippen LogP contribution in [0.1, 0.15) is 5.69 Å². The van der Waals surface area contributed by atoms with E-state index in [0.717, 1.165) is 22.3 Å². The Morgan fingerprint density at radius 2 is 2.19 bits per heavy atom. The van der Waals surface area contributed by atoms with Crippen molar-refractivity contribution in [2.24, 2.45) is 0 Å². The van der Waals surface area contributed by atoms with Crippen molar-refractivity contribution in [2.45, 2.75) is 0 Å². The molecule has 0 saturated heterocycles. The summed E-state index contributed by atoms with van der Waals surface area (Å²) >= 11 is 0. The summed E-state index contributed by atoms with van der Waals surface area (Å²) in [6, 6.07) is 9.33. The normalized spacial score (nSPS) is 9.81. The molecule has 1 aromatic heterocycles. The van der Waals surface area contributed by atoms with E-state index in [2.05, 4.69) is 10.3 Å². The minimum atomic E-state index is 0.405. The molecule has 0 aliphatic heterocycles. The van der Waals surface area contributed by atoms with Gasteiger partial charge in [-0.3, -0.25) is 0 Å². The molecule has 0 fully saturated rings. The van der Waals surface area contributed by atoms with Gasteiger partial charge in [-0.15, -0.1) is 0 Å². The molecular formula is C12H11N3O. The summed E-state index contributed by atoms with van der Waals surface area (Å²) in [4.78, 5) is 4.22. The first-order valence-electron chi connectivity index (χ1n) is 4.85. The van der Waals surface area contributed by atoms with Gasteiger partial charge in [0, 0.05) is 18.1 Å². The van der Waals surface area contributed by atoms with Crippen LogP contribution in [0.2, 0.25) is 0 Å². The smallest absolute Gasteiger partial charge is 0.143 e. The topological polar surface area (TPSA) is 57.9 Å². The number of methoxy groups -OCH3 is 1. The van der Waals surface area contributed by atoms with Crippen LogP contribution in [0.15, 0.2) is 24.3 Å². The van der Waals surface area contributed by atoms with Crippen LogP contribution in [-0.2, 0) is 0 Å². The maximum atomic E-state index is 8.85. The summed E-state index contributed by atoms with van der Waals surface area (Å²) in [5.74, 6) is 0.774. The molecule has 80 valence electrons. The maximum absolute atomic E-state index is 8.85. The van der Waals surface area contributed by atoms with E-state index in [9.17, 15) is 0 Å². The summed E-state index contributed by atoms with van der Waals surface area (Å²) in [5.41, 5.74) is 2.06. The second-order valence-electron chi connectivity index (χ2n) is 3.30. The number of ether oxygens (including phenoxy) is 1. The number of hydrogen-bond acceptors (Lipinski definition) is 4. The number of aromatic nitrogens is 1. The zero-order valence-corrected chi connectivity index (χ0v) is 9.11. The summed E-state index contributed by atoms with van der Waals surface area (Å²) in [5, 5.41) is 12.8. The lowest BCUT2D eigenvalue weighted by atomic mass is 10.1. The van der Waals surface area contributed by atoms with E-state index in [0.29, 0.717) is 5.69 Å². The Morgan fingerprint density at radius 1 is 1.38 bits per heavy atom. The SMILES string of the molecule is CNc1cc(C#N)nc2ccc(OC)cc12. The predicted molar refractivity (Wildman–Crippen MR) is 62.6 cm³/mol. The van der Waals surface area contributed by atoms with Crippen molar-refractivity contribution in [2.75, 3.05) is 19.5 Å². The summed E-state index contributed by atoms with van der Waals surface area (Å²) in [6.45, 7) is 0. The first-order chi connectivity index (χ1) is 7.78. The number of nitrogens with one attached hydrogen (secondary N) is 1. The van der Waals surface area contributed by atoms with Crippen LogP contribution < -0.4 is 10.1 Å². The highest BCUT2D eigenvalue weighted by molar-refractivity contribution is 5.92. The second kappa shape index (κ2) is 4.07. The van der Waals surface area contributed by atoms with E-state index in [4.69, 9.17) is 10.00 Å². The number of rotatable bonds is 2. The molecule has 0 aliphatic rings. The molecule has 0 aliphatic carbocycles. The van der Waals surface area contributed by atoms with Crippen LogP contribution in [0.3, 0.4) is 0 Å². The third-order valence-corrected chi connectivity index (χ3v) is 2.40. The number of benzene rings is 1. The Balaban J connectivity index is 2.75. The van der Waals surface area contributed by atoms with Crippen LogP contribution in [0.25, 0.3) is 10.9 Å². The minimum absolute atomic E-state index is 0.405. The highest BCUT2D eigenvalue weighted by Crippen LogP contribution is 2.26. The molecule has 0 radical (unpaired) electrons. The Hall–Kier alpha value is -2.28. The fourth-order valence-electron chi connectivity index (χ4n) is 1.60. The Morgan fingerprint density at radius 3 is 2.81 bits per heavy atom. The fraction of sp³-hybridized carbons (Fsp3) is 0.167. The first-order valence-corrected chi connectivity index (χ1v) is 4.85. The van der Waals surface area contributed by atoms with E-state index < -0.39 is 0 Å². The first kappa shape index (κ1) is 10.2. The van der Waals surface area contributed by atoms with E-state index in [1.54, 1.807) is 13.2 Å². The van der Waals surface area contributed by atoms with E-state index in [1.165, 1.54) is 0 Å². The molecule has 0 amide bonds.